The van der Waals surface area contributed by atoms with Crippen molar-refractivity contribution in [3.8, 4) is 0 Å². The highest BCUT2D eigenvalue weighted by molar-refractivity contribution is 6.25. The molecule has 1 aliphatic heterocycles. The quantitative estimate of drug-likeness (QED) is 0.380. The van der Waals surface area contributed by atoms with Crippen molar-refractivity contribution in [2.24, 2.45) is 11.8 Å². The number of non-ortho nitro benzene ring substituents is 1. The van der Waals surface area contributed by atoms with Crippen molar-refractivity contribution in [3.05, 3.63) is 105 Å². The summed E-state index contributed by atoms with van der Waals surface area (Å²) in [6, 6.07) is 19.4. The zero-order chi connectivity index (χ0) is 23.1. The van der Waals surface area contributed by atoms with Crippen molar-refractivity contribution >= 4 is 29.2 Å². The van der Waals surface area contributed by atoms with Gasteiger partial charge in [0.1, 0.15) is 5.41 Å². The molecule has 3 aromatic rings. The summed E-state index contributed by atoms with van der Waals surface area (Å²) in [7, 11) is 0. The van der Waals surface area contributed by atoms with Crippen LogP contribution in [0.25, 0.3) is 0 Å². The molecular formula is C25H16N2O6. The fraction of sp³-hybridized carbons (Fsp3) is 0.160. The molecule has 1 fully saturated rings. The Morgan fingerprint density at radius 2 is 1.52 bits per heavy atom. The summed E-state index contributed by atoms with van der Waals surface area (Å²) >= 11 is 0. The van der Waals surface area contributed by atoms with Crippen molar-refractivity contribution < 1.29 is 24.4 Å². The number of nitro groups is 1. The number of carbonyl (C=O) groups excluding carboxylic acids is 2. The van der Waals surface area contributed by atoms with Gasteiger partial charge in [-0.3, -0.25) is 24.5 Å². The molecule has 2 atom stereocenters. The standard InChI is InChI=1S/C25H16N2O6/c28-22-20-19-15-8-1-3-10-17(15)25(24(30)31,18-11-4-2-9-16(18)19)21(20)23(29)26(22)13-6-5-7-14(12-13)27(32)33/h1-12,19-21H,(H,30,31)/t19?,20-,21-,25?/m0/s1. The zero-order valence-corrected chi connectivity index (χ0v) is 17.0. The van der Waals surface area contributed by atoms with E-state index >= 15 is 0 Å². The molecular weight excluding hydrogens is 424 g/mol. The Bertz CT molecular complexity index is 1370. The van der Waals surface area contributed by atoms with Crippen LogP contribution in [0.3, 0.4) is 0 Å². The van der Waals surface area contributed by atoms with Gasteiger partial charge in [-0.25, -0.2) is 4.90 Å². The van der Waals surface area contributed by atoms with Crippen LogP contribution in [0.4, 0.5) is 11.4 Å². The van der Waals surface area contributed by atoms with Crippen LogP contribution in [0.5, 0.6) is 0 Å². The number of anilines is 1. The Labute approximate surface area is 187 Å². The van der Waals surface area contributed by atoms with Gasteiger partial charge in [0, 0.05) is 18.1 Å². The smallest absolute Gasteiger partial charge is 0.319 e. The number of hydrogen-bond donors (Lipinski definition) is 1. The normalized spacial score (nSPS) is 26.5. The topological polar surface area (TPSA) is 118 Å². The highest BCUT2D eigenvalue weighted by atomic mass is 16.6. The number of nitrogens with zero attached hydrogens (tertiary/aromatic N) is 2. The number of benzene rings is 3. The lowest BCUT2D eigenvalue weighted by Crippen LogP contribution is -2.57. The van der Waals surface area contributed by atoms with Gasteiger partial charge in [0.15, 0.2) is 0 Å². The lowest BCUT2D eigenvalue weighted by molar-refractivity contribution is -0.384. The first-order chi connectivity index (χ1) is 15.9. The highest BCUT2D eigenvalue weighted by Gasteiger charge is 2.71. The molecule has 8 heteroatoms. The molecule has 7 rings (SSSR count). The number of hydrogen-bond acceptors (Lipinski definition) is 5. The maximum absolute atomic E-state index is 13.8. The third-order valence-electron chi connectivity index (χ3n) is 7.25. The number of carbonyl (C=O) groups is 3. The Morgan fingerprint density at radius 1 is 0.909 bits per heavy atom. The molecule has 0 saturated carbocycles. The van der Waals surface area contributed by atoms with Crippen LogP contribution in [0.1, 0.15) is 28.2 Å². The fourth-order valence-electron chi connectivity index (χ4n) is 6.14. The SMILES string of the molecule is O=C1[C@@H]2[C@@H](C(=O)N1c1cccc([N+](=O)[O-])c1)C1c3ccccc3C2(C(=O)O)c2ccccc21. The molecule has 162 valence electrons. The molecule has 3 aromatic carbocycles. The average Bonchev–Trinajstić information content (AvgIpc) is 3.09. The molecule has 1 N–H and O–H groups in total. The van der Waals surface area contributed by atoms with Crippen LogP contribution in [-0.2, 0) is 19.8 Å². The van der Waals surface area contributed by atoms with Gasteiger partial charge in [0.2, 0.25) is 11.8 Å². The van der Waals surface area contributed by atoms with Crippen molar-refractivity contribution in [1.29, 1.82) is 0 Å². The summed E-state index contributed by atoms with van der Waals surface area (Å²) in [5.41, 5.74) is 0.569. The second-order valence-corrected chi connectivity index (χ2v) is 8.56. The summed E-state index contributed by atoms with van der Waals surface area (Å²) in [5.74, 6) is -4.94. The van der Waals surface area contributed by atoms with Gasteiger partial charge in [0.25, 0.3) is 5.69 Å². The van der Waals surface area contributed by atoms with Gasteiger partial charge in [0.05, 0.1) is 22.4 Å². The van der Waals surface area contributed by atoms with Crippen LogP contribution >= 0.6 is 0 Å². The van der Waals surface area contributed by atoms with Crippen LogP contribution in [-0.4, -0.2) is 27.8 Å². The average molecular weight is 440 g/mol. The maximum atomic E-state index is 13.8. The van der Waals surface area contributed by atoms with Crippen LogP contribution in [0.15, 0.2) is 72.8 Å². The minimum Gasteiger partial charge on any atom is -0.480 e. The predicted octanol–water partition coefficient (Wildman–Crippen LogP) is 3.23. The summed E-state index contributed by atoms with van der Waals surface area (Å²) in [6.07, 6.45) is 0. The summed E-state index contributed by atoms with van der Waals surface area (Å²) in [4.78, 5) is 52.2. The van der Waals surface area contributed by atoms with E-state index in [-0.39, 0.29) is 11.4 Å². The first-order valence-corrected chi connectivity index (χ1v) is 10.4. The number of rotatable bonds is 3. The highest BCUT2D eigenvalue weighted by Crippen LogP contribution is 2.64. The number of carboxylic acid groups (broad SMARTS) is 1. The number of carboxylic acids is 1. The summed E-state index contributed by atoms with van der Waals surface area (Å²) in [5, 5.41) is 21.9. The van der Waals surface area contributed by atoms with E-state index in [1.165, 1.54) is 24.3 Å². The third kappa shape index (κ3) is 2.17. The molecule has 2 bridgehead atoms. The Morgan fingerprint density at radius 3 is 2.09 bits per heavy atom. The minimum absolute atomic E-state index is 0.0710. The van der Waals surface area contributed by atoms with E-state index in [4.69, 9.17) is 0 Å². The van der Waals surface area contributed by atoms with Crippen molar-refractivity contribution in [2.45, 2.75) is 11.3 Å². The maximum Gasteiger partial charge on any atom is 0.319 e. The van der Waals surface area contributed by atoms with Crippen LogP contribution in [0, 0.1) is 22.0 Å². The van der Waals surface area contributed by atoms with E-state index in [9.17, 15) is 29.6 Å². The van der Waals surface area contributed by atoms with E-state index in [0.29, 0.717) is 11.1 Å². The van der Waals surface area contributed by atoms with Gasteiger partial charge in [-0.1, -0.05) is 54.6 Å². The third-order valence-corrected chi connectivity index (χ3v) is 7.25. The second kappa shape index (κ2) is 6.35. The van der Waals surface area contributed by atoms with E-state index in [1.807, 2.05) is 12.1 Å². The van der Waals surface area contributed by atoms with Gasteiger partial charge in [-0.05, 0) is 28.3 Å². The molecule has 0 spiro atoms. The minimum atomic E-state index is -1.73. The van der Waals surface area contributed by atoms with Gasteiger partial charge in [-0.2, -0.15) is 0 Å². The summed E-state index contributed by atoms with van der Waals surface area (Å²) in [6.45, 7) is 0. The van der Waals surface area contributed by atoms with E-state index in [1.54, 1.807) is 36.4 Å². The lowest BCUT2D eigenvalue weighted by atomic mass is 9.47. The first-order valence-electron chi connectivity index (χ1n) is 10.4. The molecule has 1 heterocycles. The number of nitro benzene ring substituents is 1. The number of aliphatic carboxylic acids is 1. The Balaban J connectivity index is 1.64. The molecule has 0 unspecified atom stereocenters. The van der Waals surface area contributed by atoms with Crippen LogP contribution in [0.2, 0.25) is 0 Å². The van der Waals surface area contributed by atoms with E-state index < -0.39 is 45.9 Å². The van der Waals surface area contributed by atoms with Crippen LogP contribution < -0.4 is 4.90 Å². The first kappa shape index (κ1) is 19.4. The Hall–Kier alpha value is -4.33. The van der Waals surface area contributed by atoms with E-state index in [0.717, 1.165) is 16.0 Å². The molecule has 33 heavy (non-hydrogen) atoms. The molecule has 3 aliphatic carbocycles. The molecule has 2 amide bonds. The summed E-state index contributed by atoms with van der Waals surface area (Å²) < 4.78 is 0. The Kier molecular flexibility index (Phi) is 3.73. The van der Waals surface area contributed by atoms with Crippen molar-refractivity contribution in [3.63, 3.8) is 0 Å². The molecule has 0 radical (unpaired) electrons. The molecule has 8 nitrogen and oxygen atoms in total. The van der Waals surface area contributed by atoms with Crippen molar-refractivity contribution in [2.75, 3.05) is 4.90 Å². The zero-order valence-electron chi connectivity index (χ0n) is 17.0. The molecule has 4 aliphatic rings. The predicted molar refractivity (Wildman–Crippen MR) is 116 cm³/mol. The fourth-order valence-corrected chi connectivity index (χ4v) is 6.14. The van der Waals surface area contributed by atoms with Crippen molar-refractivity contribution in [1.82, 2.24) is 0 Å². The van der Waals surface area contributed by atoms with Gasteiger partial charge < -0.3 is 5.11 Å². The molecule has 0 aromatic heterocycles. The molecule has 1 saturated heterocycles. The monoisotopic (exact) mass is 440 g/mol. The van der Waals surface area contributed by atoms with Gasteiger partial charge in [-0.15, -0.1) is 0 Å². The lowest BCUT2D eigenvalue weighted by Gasteiger charge is -2.51. The largest absolute Gasteiger partial charge is 0.480 e. The van der Waals surface area contributed by atoms with Gasteiger partial charge >= 0.3 is 5.97 Å². The van der Waals surface area contributed by atoms with E-state index in [2.05, 4.69) is 0 Å². The second-order valence-electron chi connectivity index (χ2n) is 8.56. The number of imide groups is 1. The number of amides is 2.